The Hall–Kier alpha value is -2.05. The Labute approximate surface area is 131 Å². The summed E-state index contributed by atoms with van der Waals surface area (Å²) in [6.45, 7) is 0. The van der Waals surface area contributed by atoms with Crippen LogP contribution in [0.3, 0.4) is 0 Å². The molecule has 1 aliphatic heterocycles. The summed E-state index contributed by atoms with van der Waals surface area (Å²) in [7, 11) is 1.58. The minimum atomic E-state index is -0.158. The first-order chi connectivity index (χ1) is 10.2. The molecule has 2 heterocycles. The Kier molecular flexibility index (Phi) is 3.81. The van der Waals surface area contributed by atoms with E-state index in [1.807, 2.05) is 18.2 Å². The molecule has 0 aliphatic carbocycles. The average molecular weight is 317 g/mol. The fourth-order valence-corrected chi connectivity index (χ4v) is 3.22. The Bertz CT molecular complexity index is 722. The van der Waals surface area contributed by atoms with Gasteiger partial charge in [0.05, 0.1) is 24.0 Å². The van der Waals surface area contributed by atoms with Gasteiger partial charge in [0.1, 0.15) is 11.5 Å². The van der Waals surface area contributed by atoms with Crippen molar-refractivity contribution in [2.45, 2.75) is 0 Å². The van der Waals surface area contributed by atoms with Gasteiger partial charge in [-0.1, -0.05) is 30.0 Å². The van der Waals surface area contributed by atoms with Crippen molar-refractivity contribution in [2.24, 2.45) is 0 Å². The second kappa shape index (κ2) is 5.75. The lowest BCUT2D eigenvalue weighted by Gasteiger charge is -2.15. The van der Waals surface area contributed by atoms with Crippen LogP contribution in [0.1, 0.15) is 5.76 Å². The lowest BCUT2D eigenvalue weighted by Crippen LogP contribution is -2.27. The molecule has 106 valence electrons. The number of carbonyl (C=O) groups excluding carboxylic acids is 1. The predicted octanol–water partition coefficient (Wildman–Crippen LogP) is 3.69. The van der Waals surface area contributed by atoms with E-state index in [1.54, 1.807) is 37.6 Å². The summed E-state index contributed by atoms with van der Waals surface area (Å²) < 4.78 is 10.9. The summed E-state index contributed by atoms with van der Waals surface area (Å²) in [6.07, 6.45) is 3.26. The van der Waals surface area contributed by atoms with E-state index < -0.39 is 0 Å². The maximum atomic E-state index is 12.5. The zero-order valence-electron chi connectivity index (χ0n) is 11.1. The molecule has 1 amide bonds. The fraction of sp³-hybridized carbons (Fsp3) is 0.0667. The molecule has 2 aromatic rings. The van der Waals surface area contributed by atoms with Crippen molar-refractivity contribution in [3.8, 4) is 5.75 Å². The Morgan fingerprint density at radius 1 is 1.33 bits per heavy atom. The second-order valence-electron chi connectivity index (χ2n) is 4.23. The third-order valence-electron chi connectivity index (χ3n) is 2.92. The summed E-state index contributed by atoms with van der Waals surface area (Å²) in [4.78, 5) is 14.5. The molecule has 1 aromatic carbocycles. The molecule has 1 saturated heterocycles. The highest BCUT2D eigenvalue weighted by Gasteiger charge is 2.33. The van der Waals surface area contributed by atoms with E-state index in [0.717, 1.165) is 0 Å². The number of amides is 1. The lowest BCUT2D eigenvalue weighted by molar-refractivity contribution is -0.113. The molecule has 0 atom stereocenters. The molecular formula is C15H11NO3S2. The number of thioether (sulfide) groups is 1. The quantitative estimate of drug-likeness (QED) is 0.638. The summed E-state index contributed by atoms with van der Waals surface area (Å²) in [5.74, 6) is 1.15. The van der Waals surface area contributed by atoms with Crippen molar-refractivity contribution in [3.63, 3.8) is 0 Å². The number of thiocarbonyl (C=S) groups is 1. The topological polar surface area (TPSA) is 42.7 Å². The minimum absolute atomic E-state index is 0.158. The van der Waals surface area contributed by atoms with Gasteiger partial charge in [0, 0.05) is 12.1 Å². The van der Waals surface area contributed by atoms with Gasteiger partial charge in [0.25, 0.3) is 5.91 Å². The second-order valence-corrected chi connectivity index (χ2v) is 5.91. The Balaban J connectivity index is 1.93. The van der Waals surface area contributed by atoms with Crippen LogP contribution >= 0.6 is 24.0 Å². The molecule has 6 heteroatoms. The molecule has 1 aliphatic rings. The highest BCUT2D eigenvalue weighted by molar-refractivity contribution is 8.27. The van der Waals surface area contributed by atoms with Gasteiger partial charge >= 0.3 is 0 Å². The summed E-state index contributed by atoms with van der Waals surface area (Å²) in [5.41, 5.74) is 0.694. The van der Waals surface area contributed by atoms with Crippen LogP contribution in [-0.2, 0) is 4.79 Å². The molecule has 0 radical (unpaired) electrons. The van der Waals surface area contributed by atoms with Crippen LogP contribution in [-0.4, -0.2) is 17.3 Å². The van der Waals surface area contributed by atoms with Gasteiger partial charge in [-0.3, -0.25) is 9.69 Å². The zero-order valence-corrected chi connectivity index (χ0v) is 12.7. The van der Waals surface area contributed by atoms with Crippen molar-refractivity contribution in [1.29, 1.82) is 0 Å². The monoisotopic (exact) mass is 317 g/mol. The minimum Gasteiger partial charge on any atom is -0.497 e. The molecule has 0 saturated carbocycles. The molecule has 1 aromatic heterocycles. The van der Waals surface area contributed by atoms with E-state index >= 15 is 0 Å². The van der Waals surface area contributed by atoms with Gasteiger partial charge in [-0.05, 0) is 24.3 Å². The van der Waals surface area contributed by atoms with Crippen LogP contribution in [0.15, 0.2) is 52.0 Å². The molecule has 21 heavy (non-hydrogen) atoms. The number of anilines is 1. The molecule has 0 unspecified atom stereocenters. The lowest BCUT2D eigenvalue weighted by atomic mass is 10.2. The number of ether oxygens (including phenoxy) is 1. The number of nitrogens with zero attached hydrogens (tertiary/aromatic N) is 1. The average Bonchev–Trinajstić information content (AvgIpc) is 3.08. The summed E-state index contributed by atoms with van der Waals surface area (Å²) in [6, 6.07) is 10.8. The zero-order chi connectivity index (χ0) is 14.8. The van der Waals surface area contributed by atoms with E-state index in [-0.39, 0.29) is 5.91 Å². The first kappa shape index (κ1) is 13.9. The van der Waals surface area contributed by atoms with Crippen molar-refractivity contribution in [2.75, 3.05) is 12.0 Å². The van der Waals surface area contributed by atoms with E-state index in [2.05, 4.69) is 0 Å². The maximum absolute atomic E-state index is 12.5. The standard InChI is InChI=1S/C15H11NO3S2/c1-18-11-5-2-4-10(8-11)16-14(17)13(21-15(16)20)9-12-6-3-7-19-12/h2-9H,1H3. The first-order valence-electron chi connectivity index (χ1n) is 6.14. The Morgan fingerprint density at radius 3 is 2.90 bits per heavy atom. The van der Waals surface area contributed by atoms with Crippen molar-refractivity contribution < 1.29 is 13.9 Å². The molecule has 3 rings (SSSR count). The van der Waals surface area contributed by atoms with Crippen LogP contribution in [0.5, 0.6) is 5.75 Å². The number of benzene rings is 1. The smallest absolute Gasteiger partial charge is 0.270 e. The van der Waals surface area contributed by atoms with Gasteiger partial charge in [0.2, 0.25) is 0 Å². The molecule has 0 N–H and O–H groups in total. The van der Waals surface area contributed by atoms with Gasteiger partial charge in [0.15, 0.2) is 4.32 Å². The molecule has 0 bridgehead atoms. The Morgan fingerprint density at radius 2 is 2.19 bits per heavy atom. The largest absolute Gasteiger partial charge is 0.497 e. The highest BCUT2D eigenvalue weighted by Crippen LogP contribution is 2.36. The third kappa shape index (κ3) is 2.72. The van der Waals surface area contributed by atoms with E-state index in [1.165, 1.54) is 16.7 Å². The normalized spacial score (nSPS) is 16.8. The van der Waals surface area contributed by atoms with Crippen molar-refractivity contribution in [3.05, 3.63) is 53.3 Å². The van der Waals surface area contributed by atoms with Crippen LogP contribution in [0.25, 0.3) is 6.08 Å². The van der Waals surface area contributed by atoms with Crippen LogP contribution in [0, 0.1) is 0 Å². The summed E-state index contributed by atoms with van der Waals surface area (Å²) in [5, 5.41) is 0. The van der Waals surface area contributed by atoms with E-state index in [4.69, 9.17) is 21.4 Å². The van der Waals surface area contributed by atoms with Gasteiger partial charge in [-0.2, -0.15) is 0 Å². The van der Waals surface area contributed by atoms with Crippen molar-refractivity contribution in [1.82, 2.24) is 0 Å². The predicted molar refractivity (Wildman–Crippen MR) is 87.4 cm³/mol. The van der Waals surface area contributed by atoms with Gasteiger partial charge in [-0.25, -0.2) is 0 Å². The number of rotatable bonds is 3. The number of hydrogen-bond acceptors (Lipinski definition) is 5. The molecule has 1 fully saturated rings. The number of carbonyl (C=O) groups is 1. The number of methoxy groups -OCH3 is 1. The first-order valence-corrected chi connectivity index (χ1v) is 7.37. The van der Waals surface area contributed by atoms with Gasteiger partial charge < -0.3 is 9.15 Å². The fourth-order valence-electron chi connectivity index (χ4n) is 1.94. The number of furan rings is 1. The van der Waals surface area contributed by atoms with Crippen LogP contribution in [0.2, 0.25) is 0 Å². The van der Waals surface area contributed by atoms with Crippen molar-refractivity contribution >= 4 is 46.0 Å². The number of hydrogen-bond donors (Lipinski definition) is 0. The molecule has 4 nitrogen and oxygen atoms in total. The SMILES string of the molecule is COc1cccc(N2C(=O)C(=Cc3ccco3)SC2=S)c1. The molecular weight excluding hydrogens is 306 g/mol. The van der Waals surface area contributed by atoms with E-state index in [0.29, 0.717) is 26.4 Å². The molecule has 0 spiro atoms. The third-order valence-corrected chi connectivity index (χ3v) is 4.22. The van der Waals surface area contributed by atoms with E-state index in [9.17, 15) is 4.79 Å². The summed E-state index contributed by atoms with van der Waals surface area (Å²) >= 11 is 6.56. The van der Waals surface area contributed by atoms with Crippen LogP contribution < -0.4 is 9.64 Å². The highest BCUT2D eigenvalue weighted by atomic mass is 32.2. The maximum Gasteiger partial charge on any atom is 0.270 e. The van der Waals surface area contributed by atoms with Gasteiger partial charge in [-0.15, -0.1) is 0 Å². The van der Waals surface area contributed by atoms with Crippen LogP contribution in [0.4, 0.5) is 5.69 Å².